The third-order valence-corrected chi connectivity index (χ3v) is 8.07. The molecule has 2 aromatic heterocycles. The van der Waals surface area contributed by atoms with E-state index >= 15 is 0 Å². The van der Waals surface area contributed by atoms with Crippen LogP contribution in [0, 0.1) is 0 Å². The lowest BCUT2D eigenvalue weighted by molar-refractivity contribution is -0.117. The number of carbonyl (C=O) groups excluding carboxylic acids is 2. The van der Waals surface area contributed by atoms with Gasteiger partial charge in [0, 0.05) is 5.75 Å². The summed E-state index contributed by atoms with van der Waals surface area (Å²) in [5.41, 5.74) is 1.50. The third-order valence-electron chi connectivity index (χ3n) is 5.94. The Bertz CT molecular complexity index is 1550. The average Bonchev–Trinajstić information content (AvgIpc) is 3.73. The minimum Gasteiger partial charge on any atom is -0.503 e. The molecule has 0 bridgehead atoms. The van der Waals surface area contributed by atoms with E-state index < -0.39 is 23.5 Å². The number of rotatable bonds is 12. The van der Waals surface area contributed by atoms with E-state index in [1.807, 2.05) is 37.3 Å². The first-order valence-corrected chi connectivity index (χ1v) is 14.2. The number of nitrogens with zero attached hydrogens (tertiary/aromatic N) is 3. The van der Waals surface area contributed by atoms with Crippen LogP contribution in [0.5, 0.6) is 11.5 Å². The van der Waals surface area contributed by atoms with Crippen molar-refractivity contribution in [3.05, 3.63) is 108 Å². The van der Waals surface area contributed by atoms with Crippen LogP contribution in [-0.2, 0) is 10.5 Å². The van der Waals surface area contributed by atoms with Crippen LogP contribution < -0.4 is 14.4 Å². The number of amides is 1. The number of carbonyl (C=O) groups is 2. The number of aromatic nitrogens is 2. The van der Waals surface area contributed by atoms with Crippen molar-refractivity contribution < 1.29 is 28.6 Å². The molecule has 40 heavy (non-hydrogen) atoms. The number of Topliss-reactive ketones (excluding diaryl/α,β-unsaturated/α-hetero) is 1. The Kier molecular flexibility index (Phi) is 8.32. The van der Waals surface area contributed by atoms with Crippen molar-refractivity contribution in [3.8, 4) is 11.5 Å². The van der Waals surface area contributed by atoms with Crippen molar-refractivity contribution in [2.45, 2.75) is 23.1 Å². The number of ether oxygens (including phenoxy) is 2. The SMILES string of the molecule is C=CCOc1ccc(C2C(C(=O)c3ccco3)=C(O)C(=O)N2c2nnc(SCc3ccccc3)s2)cc1OCC. The van der Waals surface area contributed by atoms with Crippen LogP contribution in [0.4, 0.5) is 5.13 Å². The summed E-state index contributed by atoms with van der Waals surface area (Å²) in [7, 11) is 0. The summed E-state index contributed by atoms with van der Waals surface area (Å²) in [5, 5.41) is 19.8. The standard InChI is InChI=1S/C29H25N3O6S2/c1-3-14-37-20-13-12-19(16-22(20)36-4-2)24-23(25(33)21-11-8-15-38-21)26(34)27(35)32(24)28-30-31-29(40-28)39-17-18-9-6-5-7-10-18/h3,5-13,15-16,24,34H,1,4,14,17H2,2H3. The van der Waals surface area contributed by atoms with Gasteiger partial charge in [0.1, 0.15) is 6.61 Å². The van der Waals surface area contributed by atoms with Crippen LogP contribution >= 0.6 is 23.1 Å². The number of aliphatic hydroxyl groups is 1. The van der Waals surface area contributed by atoms with Gasteiger partial charge in [-0.3, -0.25) is 14.5 Å². The quantitative estimate of drug-likeness (QED) is 0.0916. The maximum atomic E-state index is 13.5. The average molecular weight is 576 g/mol. The maximum Gasteiger partial charge on any atom is 0.296 e. The molecular formula is C29H25N3O6S2. The van der Waals surface area contributed by atoms with Crippen molar-refractivity contribution in [1.29, 1.82) is 0 Å². The number of furan rings is 1. The molecule has 1 unspecified atom stereocenters. The molecule has 1 atom stereocenters. The fourth-order valence-corrected chi connectivity index (χ4v) is 6.02. The second-order valence-corrected chi connectivity index (χ2v) is 10.7. The van der Waals surface area contributed by atoms with E-state index in [1.54, 1.807) is 30.3 Å². The van der Waals surface area contributed by atoms with Gasteiger partial charge in [-0.2, -0.15) is 0 Å². The number of benzene rings is 2. The second-order valence-electron chi connectivity index (χ2n) is 8.51. The molecule has 1 amide bonds. The first-order valence-electron chi connectivity index (χ1n) is 12.4. The van der Waals surface area contributed by atoms with Crippen molar-refractivity contribution in [1.82, 2.24) is 10.2 Å². The van der Waals surface area contributed by atoms with E-state index in [1.165, 1.54) is 40.3 Å². The predicted octanol–water partition coefficient (Wildman–Crippen LogP) is 6.17. The van der Waals surface area contributed by atoms with Gasteiger partial charge in [0.15, 0.2) is 27.4 Å². The van der Waals surface area contributed by atoms with Gasteiger partial charge in [0.25, 0.3) is 5.91 Å². The summed E-state index contributed by atoms with van der Waals surface area (Å²) in [6.07, 6.45) is 2.97. The Morgan fingerprint density at radius 3 is 2.70 bits per heavy atom. The Morgan fingerprint density at radius 2 is 1.98 bits per heavy atom. The molecule has 5 rings (SSSR count). The van der Waals surface area contributed by atoms with E-state index in [0.29, 0.717) is 33.8 Å². The smallest absolute Gasteiger partial charge is 0.296 e. The summed E-state index contributed by atoms with van der Waals surface area (Å²) < 4.78 is 17.5. The molecule has 0 radical (unpaired) electrons. The molecule has 1 N–H and O–H groups in total. The molecule has 0 spiro atoms. The fourth-order valence-electron chi connectivity index (χ4n) is 4.20. The highest BCUT2D eigenvalue weighted by Gasteiger charge is 2.47. The predicted molar refractivity (Wildman–Crippen MR) is 152 cm³/mol. The summed E-state index contributed by atoms with van der Waals surface area (Å²) in [6.45, 7) is 6.14. The fraction of sp³-hybridized carbons (Fsp3) is 0.172. The zero-order chi connectivity index (χ0) is 28.1. The normalized spacial score (nSPS) is 15.0. The number of thioether (sulfide) groups is 1. The van der Waals surface area contributed by atoms with Crippen molar-refractivity contribution >= 4 is 39.9 Å². The molecule has 9 nitrogen and oxygen atoms in total. The van der Waals surface area contributed by atoms with E-state index in [-0.39, 0.29) is 23.1 Å². The van der Waals surface area contributed by atoms with E-state index in [2.05, 4.69) is 16.8 Å². The van der Waals surface area contributed by atoms with Crippen LogP contribution in [-0.4, -0.2) is 40.2 Å². The highest BCUT2D eigenvalue weighted by molar-refractivity contribution is 8.00. The summed E-state index contributed by atoms with van der Waals surface area (Å²) in [6, 6.07) is 17.0. The Balaban J connectivity index is 1.54. The van der Waals surface area contributed by atoms with Gasteiger partial charge in [0.05, 0.1) is 24.5 Å². The number of anilines is 1. The van der Waals surface area contributed by atoms with E-state index in [0.717, 1.165) is 5.56 Å². The molecule has 2 aromatic carbocycles. The number of hydrogen-bond donors (Lipinski definition) is 1. The molecule has 204 valence electrons. The highest BCUT2D eigenvalue weighted by atomic mass is 32.2. The molecule has 11 heteroatoms. The Labute approximate surface area is 238 Å². The topological polar surface area (TPSA) is 115 Å². The Hall–Kier alpha value is -4.35. The molecule has 1 aliphatic heterocycles. The van der Waals surface area contributed by atoms with Crippen LogP contribution in [0.3, 0.4) is 0 Å². The first-order chi connectivity index (χ1) is 19.5. The first kappa shape index (κ1) is 27.2. The van der Waals surface area contributed by atoms with Gasteiger partial charge in [-0.05, 0) is 42.3 Å². The lowest BCUT2D eigenvalue weighted by Gasteiger charge is -2.24. The minimum absolute atomic E-state index is 0.00598. The third kappa shape index (κ3) is 5.51. The molecule has 0 fully saturated rings. The lowest BCUT2D eigenvalue weighted by Crippen LogP contribution is -2.31. The molecule has 3 heterocycles. The van der Waals surface area contributed by atoms with Gasteiger partial charge in [-0.25, -0.2) is 0 Å². The molecular weight excluding hydrogens is 550 g/mol. The van der Waals surface area contributed by atoms with Crippen LogP contribution in [0.2, 0.25) is 0 Å². The molecule has 0 aliphatic carbocycles. The van der Waals surface area contributed by atoms with Gasteiger partial charge in [0.2, 0.25) is 10.9 Å². The van der Waals surface area contributed by atoms with Crippen LogP contribution in [0.1, 0.15) is 34.6 Å². The largest absolute Gasteiger partial charge is 0.503 e. The van der Waals surface area contributed by atoms with E-state index in [4.69, 9.17) is 13.9 Å². The summed E-state index contributed by atoms with van der Waals surface area (Å²) in [5.74, 6) is -0.496. The van der Waals surface area contributed by atoms with Crippen molar-refractivity contribution in [2.24, 2.45) is 0 Å². The van der Waals surface area contributed by atoms with Crippen LogP contribution in [0.25, 0.3) is 0 Å². The monoisotopic (exact) mass is 575 g/mol. The van der Waals surface area contributed by atoms with Gasteiger partial charge in [-0.1, -0.05) is 72.2 Å². The zero-order valence-corrected chi connectivity index (χ0v) is 23.1. The maximum absolute atomic E-state index is 13.5. The number of ketones is 1. The van der Waals surface area contributed by atoms with Crippen molar-refractivity contribution in [2.75, 3.05) is 18.1 Å². The summed E-state index contributed by atoms with van der Waals surface area (Å²) in [4.78, 5) is 28.3. The number of aliphatic hydroxyl groups excluding tert-OH is 1. The van der Waals surface area contributed by atoms with Gasteiger partial charge < -0.3 is 19.0 Å². The Morgan fingerprint density at radius 1 is 1.15 bits per heavy atom. The van der Waals surface area contributed by atoms with Gasteiger partial charge >= 0.3 is 0 Å². The zero-order valence-electron chi connectivity index (χ0n) is 21.5. The summed E-state index contributed by atoms with van der Waals surface area (Å²) >= 11 is 2.68. The van der Waals surface area contributed by atoms with Crippen LogP contribution in [0.15, 0.2) is 99.7 Å². The minimum atomic E-state index is -1.02. The molecule has 1 aliphatic rings. The second kappa shape index (κ2) is 12.2. The number of hydrogen-bond acceptors (Lipinski definition) is 10. The van der Waals surface area contributed by atoms with Crippen molar-refractivity contribution in [3.63, 3.8) is 0 Å². The lowest BCUT2D eigenvalue weighted by atomic mass is 9.95. The highest BCUT2D eigenvalue weighted by Crippen LogP contribution is 2.45. The molecule has 0 saturated heterocycles. The molecule has 0 saturated carbocycles. The van der Waals surface area contributed by atoms with Gasteiger partial charge in [-0.15, -0.1) is 10.2 Å². The molecule has 4 aromatic rings. The van der Waals surface area contributed by atoms with E-state index in [9.17, 15) is 14.7 Å².